The van der Waals surface area contributed by atoms with Gasteiger partial charge >= 0.3 is 0 Å². The van der Waals surface area contributed by atoms with Gasteiger partial charge in [0.05, 0.1) is 5.56 Å². The van der Waals surface area contributed by atoms with Gasteiger partial charge < -0.3 is 10.6 Å². The van der Waals surface area contributed by atoms with E-state index < -0.39 is 0 Å². The van der Waals surface area contributed by atoms with Gasteiger partial charge in [0.15, 0.2) is 0 Å². The molecule has 0 radical (unpaired) electrons. The Labute approximate surface area is 109 Å². The lowest BCUT2D eigenvalue weighted by Gasteiger charge is -2.33. The topological polar surface area (TPSA) is 41.1 Å². The highest BCUT2D eigenvalue weighted by molar-refractivity contribution is 6.00. The molecule has 2 rings (SSSR count). The van der Waals surface area contributed by atoms with Gasteiger partial charge in [0.1, 0.15) is 0 Å². The lowest BCUT2D eigenvalue weighted by molar-refractivity contribution is 0.0897. The third kappa shape index (κ3) is 2.84. The van der Waals surface area contributed by atoms with Gasteiger partial charge in [-0.3, -0.25) is 4.79 Å². The minimum atomic E-state index is 0.0477. The Morgan fingerprint density at radius 3 is 2.72 bits per heavy atom. The van der Waals surface area contributed by atoms with Crippen molar-refractivity contribution >= 4 is 11.6 Å². The predicted molar refractivity (Wildman–Crippen MR) is 75.0 cm³/mol. The molecule has 3 heteroatoms. The number of carbonyl (C=O) groups is 1. The second kappa shape index (κ2) is 5.42. The van der Waals surface area contributed by atoms with E-state index in [-0.39, 0.29) is 5.91 Å². The molecule has 0 heterocycles. The van der Waals surface area contributed by atoms with Crippen LogP contribution in [0.5, 0.6) is 0 Å². The number of aryl methyl sites for hydroxylation is 1. The van der Waals surface area contributed by atoms with Crippen LogP contribution in [0.4, 0.5) is 5.69 Å². The fourth-order valence-electron chi connectivity index (χ4n) is 2.47. The zero-order valence-corrected chi connectivity index (χ0v) is 11.4. The normalized spacial score (nSPS) is 22.2. The predicted octanol–water partition coefficient (Wildman–Crippen LogP) is 2.96. The zero-order valence-electron chi connectivity index (χ0n) is 11.4. The third-order valence-corrected chi connectivity index (χ3v) is 3.50. The average molecular weight is 246 g/mol. The first kappa shape index (κ1) is 12.9. The number of anilines is 1. The highest BCUT2D eigenvalue weighted by Crippen LogP contribution is 2.27. The van der Waals surface area contributed by atoms with Crippen molar-refractivity contribution in [3.05, 3.63) is 29.3 Å². The van der Waals surface area contributed by atoms with E-state index in [2.05, 4.69) is 17.6 Å². The minimum absolute atomic E-state index is 0.0477. The molecule has 1 aromatic carbocycles. The second-order valence-electron chi connectivity index (χ2n) is 5.33. The molecule has 0 aliphatic heterocycles. The van der Waals surface area contributed by atoms with E-state index in [1.807, 2.05) is 32.0 Å². The molecule has 0 atom stereocenters. The van der Waals surface area contributed by atoms with Crippen LogP contribution in [0.3, 0.4) is 0 Å². The van der Waals surface area contributed by atoms with Crippen LogP contribution in [0.1, 0.15) is 42.6 Å². The molecule has 1 aliphatic rings. The molecule has 1 amide bonds. The van der Waals surface area contributed by atoms with E-state index in [1.165, 1.54) is 0 Å². The van der Waals surface area contributed by atoms with Crippen molar-refractivity contribution < 1.29 is 4.79 Å². The molecule has 1 fully saturated rings. The molecule has 0 spiro atoms. The summed E-state index contributed by atoms with van der Waals surface area (Å²) in [5, 5.41) is 6.35. The molecular weight excluding hydrogens is 224 g/mol. The minimum Gasteiger partial charge on any atom is -0.385 e. The van der Waals surface area contributed by atoms with Crippen LogP contribution in [-0.2, 0) is 0 Å². The first-order valence-electron chi connectivity index (χ1n) is 6.75. The molecule has 0 bridgehead atoms. The average Bonchev–Trinajstić information content (AvgIpc) is 2.29. The summed E-state index contributed by atoms with van der Waals surface area (Å²) in [5.74, 6) is 0.799. The summed E-state index contributed by atoms with van der Waals surface area (Å²) in [6, 6.07) is 6.33. The van der Waals surface area contributed by atoms with Gasteiger partial charge in [0.25, 0.3) is 5.91 Å². The van der Waals surface area contributed by atoms with Crippen molar-refractivity contribution in [2.24, 2.45) is 5.92 Å². The summed E-state index contributed by atoms with van der Waals surface area (Å²) >= 11 is 0. The fraction of sp³-hybridized carbons (Fsp3) is 0.533. The van der Waals surface area contributed by atoms with Crippen LogP contribution >= 0.6 is 0 Å². The summed E-state index contributed by atoms with van der Waals surface area (Å²) in [5.41, 5.74) is 2.80. The summed E-state index contributed by atoms with van der Waals surface area (Å²) in [6.45, 7) is 7.09. The van der Waals surface area contributed by atoms with Crippen LogP contribution in [0.2, 0.25) is 0 Å². The van der Waals surface area contributed by atoms with Gasteiger partial charge in [0, 0.05) is 18.3 Å². The molecule has 1 saturated carbocycles. The van der Waals surface area contributed by atoms with Gasteiger partial charge in [-0.25, -0.2) is 0 Å². The van der Waals surface area contributed by atoms with E-state index in [0.29, 0.717) is 6.04 Å². The summed E-state index contributed by atoms with van der Waals surface area (Å²) in [6.07, 6.45) is 2.21. The highest BCUT2D eigenvalue weighted by atomic mass is 16.1. The summed E-state index contributed by atoms with van der Waals surface area (Å²) < 4.78 is 0. The Morgan fingerprint density at radius 2 is 2.11 bits per heavy atom. The molecule has 0 saturated heterocycles. The molecule has 0 aromatic heterocycles. The Balaban J connectivity index is 2.10. The van der Waals surface area contributed by atoms with Gasteiger partial charge in [-0.15, -0.1) is 0 Å². The van der Waals surface area contributed by atoms with Gasteiger partial charge in [-0.1, -0.05) is 18.6 Å². The van der Waals surface area contributed by atoms with Crippen LogP contribution in [0, 0.1) is 12.8 Å². The van der Waals surface area contributed by atoms with Crippen LogP contribution < -0.4 is 10.6 Å². The number of amides is 1. The van der Waals surface area contributed by atoms with E-state index in [0.717, 1.165) is 42.1 Å². The Bertz CT molecular complexity index is 436. The molecule has 18 heavy (non-hydrogen) atoms. The van der Waals surface area contributed by atoms with Gasteiger partial charge in [0.2, 0.25) is 0 Å². The molecule has 3 nitrogen and oxygen atoms in total. The number of nitrogens with one attached hydrogen (secondary N) is 2. The third-order valence-electron chi connectivity index (χ3n) is 3.50. The SMILES string of the molecule is CCNc1ccc(C)cc1C(=O)NC1CC(C)C1. The van der Waals surface area contributed by atoms with Crippen molar-refractivity contribution in [2.75, 3.05) is 11.9 Å². The van der Waals surface area contributed by atoms with E-state index >= 15 is 0 Å². The van der Waals surface area contributed by atoms with Gasteiger partial charge in [-0.2, -0.15) is 0 Å². The largest absolute Gasteiger partial charge is 0.385 e. The maximum Gasteiger partial charge on any atom is 0.253 e. The van der Waals surface area contributed by atoms with Crippen molar-refractivity contribution in [2.45, 2.75) is 39.7 Å². The number of carbonyl (C=O) groups excluding carboxylic acids is 1. The molecular formula is C15H22N2O. The summed E-state index contributed by atoms with van der Waals surface area (Å²) in [7, 11) is 0. The number of hydrogen-bond donors (Lipinski definition) is 2. The van der Waals surface area contributed by atoms with E-state index in [4.69, 9.17) is 0 Å². The Morgan fingerprint density at radius 1 is 1.39 bits per heavy atom. The molecule has 98 valence electrons. The van der Waals surface area contributed by atoms with Crippen molar-refractivity contribution in [3.63, 3.8) is 0 Å². The van der Waals surface area contributed by atoms with Crippen molar-refractivity contribution in [3.8, 4) is 0 Å². The van der Waals surface area contributed by atoms with Crippen LogP contribution in [0.15, 0.2) is 18.2 Å². The lowest BCUT2D eigenvalue weighted by Crippen LogP contribution is -2.43. The Hall–Kier alpha value is -1.51. The van der Waals surface area contributed by atoms with Crippen molar-refractivity contribution in [1.29, 1.82) is 0 Å². The standard InChI is InChI=1S/C15H22N2O/c1-4-16-14-6-5-10(2)9-13(14)15(18)17-12-7-11(3)8-12/h5-6,9,11-12,16H,4,7-8H2,1-3H3,(H,17,18). The monoisotopic (exact) mass is 246 g/mol. The van der Waals surface area contributed by atoms with Gasteiger partial charge in [-0.05, 0) is 44.7 Å². The smallest absolute Gasteiger partial charge is 0.253 e. The number of rotatable bonds is 4. The molecule has 1 aromatic rings. The quantitative estimate of drug-likeness (QED) is 0.857. The number of hydrogen-bond acceptors (Lipinski definition) is 2. The van der Waals surface area contributed by atoms with E-state index in [1.54, 1.807) is 0 Å². The maximum atomic E-state index is 12.3. The van der Waals surface area contributed by atoms with Crippen LogP contribution in [0.25, 0.3) is 0 Å². The van der Waals surface area contributed by atoms with Crippen molar-refractivity contribution in [1.82, 2.24) is 5.32 Å². The Kier molecular flexibility index (Phi) is 3.90. The molecule has 1 aliphatic carbocycles. The first-order chi connectivity index (χ1) is 8.60. The lowest BCUT2D eigenvalue weighted by atomic mass is 9.82. The van der Waals surface area contributed by atoms with Crippen LogP contribution in [-0.4, -0.2) is 18.5 Å². The first-order valence-corrected chi connectivity index (χ1v) is 6.75. The molecule has 2 N–H and O–H groups in total. The highest BCUT2D eigenvalue weighted by Gasteiger charge is 2.27. The van der Waals surface area contributed by atoms with E-state index in [9.17, 15) is 4.79 Å². The number of benzene rings is 1. The fourth-order valence-corrected chi connectivity index (χ4v) is 2.47. The zero-order chi connectivity index (χ0) is 13.1. The second-order valence-corrected chi connectivity index (χ2v) is 5.33. The summed E-state index contributed by atoms with van der Waals surface area (Å²) in [4.78, 5) is 12.3. The molecule has 0 unspecified atom stereocenters. The maximum absolute atomic E-state index is 12.3.